The molecule has 0 aliphatic rings. The highest BCUT2D eigenvalue weighted by Crippen LogP contribution is 2.25. The second-order valence-corrected chi connectivity index (χ2v) is 5.40. The number of para-hydroxylation sites is 1. The van der Waals surface area contributed by atoms with Crippen molar-refractivity contribution in [1.29, 1.82) is 0 Å². The molecule has 0 aliphatic carbocycles. The zero-order valence-electron chi connectivity index (χ0n) is 11.3. The molecule has 3 aromatic rings. The van der Waals surface area contributed by atoms with Crippen LogP contribution in [0, 0.1) is 5.82 Å². The van der Waals surface area contributed by atoms with Crippen molar-refractivity contribution in [1.82, 2.24) is 4.98 Å². The van der Waals surface area contributed by atoms with Gasteiger partial charge in [-0.3, -0.25) is 4.98 Å². The minimum absolute atomic E-state index is 0.367. The molecule has 0 bridgehead atoms. The van der Waals surface area contributed by atoms with Gasteiger partial charge >= 0.3 is 0 Å². The average Bonchev–Trinajstić information content (AvgIpc) is 2.47. The van der Waals surface area contributed by atoms with E-state index < -0.39 is 6.04 Å². The summed E-state index contributed by atoms with van der Waals surface area (Å²) in [6, 6.07) is 14.0. The number of rotatable bonds is 3. The van der Waals surface area contributed by atoms with E-state index in [1.54, 1.807) is 18.3 Å². The normalized spacial score (nSPS) is 12.5. The second kappa shape index (κ2) is 5.80. The monoisotopic (exact) mass is 300 g/mol. The Morgan fingerprint density at radius 1 is 1.14 bits per heavy atom. The first-order valence-electron chi connectivity index (χ1n) is 6.68. The van der Waals surface area contributed by atoms with E-state index in [0.29, 0.717) is 17.0 Å². The highest BCUT2D eigenvalue weighted by molar-refractivity contribution is 6.30. The molecule has 106 valence electrons. The Hall–Kier alpha value is -1.97. The predicted molar refractivity (Wildman–Crippen MR) is 83.8 cm³/mol. The minimum Gasteiger partial charge on any atom is -0.324 e. The molecule has 1 unspecified atom stereocenters. The number of fused-ring (bicyclic) bond motifs is 1. The van der Waals surface area contributed by atoms with Gasteiger partial charge in [-0.15, -0.1) is 0 Å². The molecule has 0 aliphatic heterocycles. The lowest BCUT2D eigenvalue weighted by Crippen LogP contribution is -2.15. The van der Waals surface area contributed by atoms with Gasteiger partial charge in [0.25, 0.3) is 0 Å². The first-order valence-corrected chi connectivity index (χ1v) is 7.06. The zero-order chi connectivity index (χ0) is 14.8. The van der Waals surface area contributed by atoms with Crippen LogP contribution in [0.25, 0.3) is 10.9 Å². The Kier molecular flexibility index (Phi) is 3.86. The van der Waals surface area contributed by atoms with Crippen LogP contribution in [0.4, 0.5) is 4.39 Å². The van der Waals surface area contributed by atoms with Crippen molar-refractivity contribution in [2.75, 3.05) is 0 Å². The topological polar surface area (TPSA) is 38.9 Å². The van der Waals surface area contributed by atoms with Crippen LogP contribution in [0.1, 0.15) is 17.2 Å². The first kappa shape index (κ1) is 14.0. The highest BCUT2D eigenvalue weighted by atomic mass is 35.5. The number of hydrogen-bond donors (Lipinski definition) is 1. The van der Waals surface area contributed by atoms with E-state index in [0.717, 1.165) is 16.5 Å². The summed E-state index contributed by atoms with van der Waals surface area (Å²) in [5, 5.41) is 1.42. The third-order valence-electron chi connectivity index (χ3n) is 3.54. The van der Waals surface area contributed by atoms with Crippen LogP contribution in [0.2, 0.25) is 5.02 Å². The Morgan fingerprint density at radius 3 is 2.76 bits per heavy atom. The van der Waals surface area contributed by atoms with Gasteiger partial charge in [-0.25, -0.2) is 4.39 Å². The van der Waals surface area contributed by atoms with E-state index in [1.807, 2.05) is 30.3 Å². The summed E-state index contributed by atoms with van der Waals surface area (Å²) in [5.41, 5.74) is 8.61. The van der Waals surface area contributed by atoms with Crippen LogP contribution in [0.5, 0.6) is 0 Å². The molecule has 2 nitrogen and oxygen atoms in total. The fourth-order valence-corrected chi connectivity index (χ4v) is 2.64. The van der Waals surface area contributed by atoms with Gasteiger partial charge in [0.15, 0.2) is 0 Å². The SMILES string of the molecule is NC(Cc1ccnc2ccccc12)c1ccc(Cl)cc1F. The van der Waals surface area contributed by atoms with Crippen molar-refractivity contribution in [3.63, 3.8) is 0 Å². The fourth-order valence-electron chi connectivity index (χ4n) is 2.48. The van der Waals surface area contributed by atoms with Crippen molar-refractivity contribution in [2.45, 2.75) is 12.5 Å². The molecule has 4 heteroatoms. The Balaban J connectivity index is 1.94. The number of pyridine rings is 1. The number of nitrogens with two attached hydrogens (primary N) is 1. The fraction of sp³-hybridized carbons (Fsp3) is 0.118. The first-order chi connectivity index (χ1) is 10.1. The van der Waals surface area contributed by atoms with Crippen molar-refractivity contribution in [3.05, 3.63) is 76.7 Å². The van der Waals surface area contributed by atoms with Gasteiger partial charge in [-0.2, -0.15) is 0 Å². The van der Waals surface area contributed by atoms with Crippen LogP contribution in [-0.4, -0.2) is 4.98 Å². The summed E-state index contributed by atoms with van der Waals surface area (Å²) in [5.74, 6) is -0.367. The van der Waals surface area contributed by atoms with Gasteiger partial charge in [0, 0.05) is 28.2 Å². The lowest BCUT2D eigenvalue weighted by Gasteiger charge is -2.14. The number of nitrogens with zero attached hydrogens (tertiary/aromatic N) is 1. The third-order valence-corrected chi connectivity index (χ3v) is 3.78. The van der Waals surface area contributed by atoms with Gasteiger partial charge in [0.2, 0.25) is 0 Å². The lowest BCUT2D eigenvalue weighted by molar-refractivity contribution is 0.581. The van der Waals surface area contributed by atoms with E-state index in [2.05, 4.69) is 4.98 Å². The lowest BCUT2D eigenvalue weighted by atomic mass is 9.97. The van der Waals surface area contributed by atoms with Gasteiger partial charge in [0.1, 0.15) is 5.82 Å². The molecule has 0 radical (unpaired) electrons. The summed E-state index contributed by atoms with van der Waals surface area (Å²) in [4.78, 5) is 4.32. The number of halogens is 2. The molecule has 0 amide bonds. The summed E-state index contributed by atoms with van der Waals surface area (Å²) in [6.07, 6.45) is 2.30. The Bertz CT molecular complexity index is 783. The molecule has 0 saturated heterocycles. The predicted octanol–water partition coefficient (Wildman–Crippen LogP) is 4.27. The molecule has 2 aromatic carbocycles. The summed E-state index contributed by atoms with van der Waals surface area (Å²) in [7, 11) is 0. The van der Waals surface area contributed by atoms with Crippen molar-refractivity contribution in [3.8, 4) is 0 Å². The molecule has 21 heavy (non-hydrogen) atoms. The number of aromatic nitrogens is 1. The maximum absolute atomic E-state index is 13.9. The van der Waals surface area contributed by atoms with E-state index in [1.165, 1.54) is 6.07 Å². The smallest absolute Gasteiger partial charge is 0.129 e. The standard InChI is InChI=1S/C17H14ClFN2/c18-12-5-6-14(15(19)10-12)16(20)9-11-7-8-21-17-4-2-1-3-13(11)17/h1-8,10,16H,9,20H2. The zero-order valence-corrected chi connectivity index (χ0v) is 12.0. The van der Waals surface area contributed by atoms with Gasteiger partial charge in [-0.05, 0) is 36.2 Å². The maximum atomic E-state index is 13.9. The number of benzene rings is 2. The average molecular weight is 301 g/mol. The van der Waals surface area contributed by atoms with Crippen molar-refractivity contribution < 1.29 is 4.39 Å². The van der Waals surface area contributed by atoms with Crippen LogP contribution in [0.15, 0.2) is 54.7 Å². The molecule has 3 rings (SSSR count). The molecule has 0 spiro atoms. The van der Waals surface area contributed by atoms with E-state index in [-0.39, 0.29) is 5.82 Å². The molecule has 1 atom stereocenters. The Labute approximate surface area is 127 Å². The van der Waals surface area contributed by atoms with Crippen LogP contribution in [-0.2, 0) is 6.42 Å². The van der Waals surface area contributed by atoms with E-state index in [4.69, 9.17) is 17.3 Å². The summed E-state index contributed by atoms with van der Waals surface area (Å²) >= 11 is 5.77. The molecule has 2 N–H and O–H groups in total. The Morgan fingerprint density at radius 2 is 1.95 bits per heavy atom. The second-order valence-electron chi connectivity index (χ2n) is 4.96. The minimum atomic E-state index is -0.423. The van der Waals surface area contributed by atoms with E-state index >= 15 is 0 Å². The third kappa shape index (κ3) is 2.89. The molecule has 0 saturated carbocycles. The molecular weight excluding hydrogens is 287 g/mol. The van der Waals surface area contributed by atoms with Crippen LogP contribution >= 0.6 is 11.6 Å². The highest BCUT2D eigenvalue weighted by Gasteiger charge is 2.14. The molecule has 1 heterocycles. The quantitative estimate of drug-likeness (QED) is 0.784. The van der Waals surface area contributed by atoms with Crippen LogP contribution < -0.4 is 5.73 Å². The molecule has 1 aromatic heterocycles. The summed E-state index contributed by atoms with van der Waals surface area (Å²) < 4.78 is 13.9. The molecule has 0 fully saturated rings. The van der Waals surface area contributed by atoms with Gasteiger partial charge in [-0.1, -0.05) is 35.9 Å². The van der Waals surface area contributed by atoms with Crippen molar-refractivity contribution in [2.24, 2.45) is 5.73 Å². The van der Waals surface area contributed by atoms with Crippen LogP contribution in [0.3, 0.4) is 0 Å². The van der Waals surface area contributed by atoms with Gasteiger partial charge in [0.05, 0.1) is 5.52 Å². The maximum Gasteiger partial charge on any atom is 0.129 e. The number of hydrogen-bond acceptors (Lipinski definition) is 2. The summed E-state index contributed by atoms with van der Waals surface area (Å²) in [6.45, 7) is 0. The largest absolute Gasteiger partial charge is 0.324 e. The van der Waals surface area contributed by atoms with Gasteiger partial charge < -0.3 is 5.73 Å². The van der Waals surface area contributed by atoms with Crippen molar-refractivity contribution >= 4 is 22.5 Å². The molecular formula is C17H14ClFN2. The van der Waals surface area contributed by atoms with E-state index in [9.17, 15) is 4.39 Å².